The highest BCUT2D eigenvalue weighted by Crippen LogP contribution is 2.30. The summed E-state index contributed by atoms with van der Waals surface area (Å²) in [4.78, 5) is 4.59. The van der Waals surface area contributed by atoms with Crippen molar-refractivity contribution >= 4 is 5.69 Å². The van der Waals surface area contributed by atoms with E-state index in [1.807, 2.05) is 16.8 Å². The highest BCUT2D eigenvalue weighted by atomic mass is 19.1. The number of tetrazole rings is 1. The van der Waals surface area contributed by atoms with E-state index in [1.165, 1.54) is 6.07 Å². The quantitative estimate of drug-likeness (QED) is 0.741. The van der Waals surface area contributed by atoms with Crippen molar-refractivity contribution in [3.63, 3.8) is 0 Å². The van der Waals surface area contributed by atoms with Gasteiger partial charge >= 0.3 is 0 Å². The van der Waals surface area contributed by atoms with Crippen LogP contribution in [0.15, 0.2) is 24.3 Å². The van der Waals surface area contributed by atoms with Gasteiger partial charge in [-0.25, -0.2) is 9.07 Å². The molecule has 2 heterocycles. The first-order valence-electron chi connectivity index (χ1n) is 10.00. The first kappa shape index (κ1) is 19.7. The Balaban J connectivity index is 1.77. The summed E-state index contributed by atoms with van der Waals surface area (Å²) in [6.45, 7) is 12.1. The van der Waals surface area contributed by atoms with E-state index >= 15 is 0 Å². The predicted octanol–water partition coefficient (Wildman–Crippen LogP) is 3.62. The lowest BCUT2D eigenvalue weighted by molar-refractivity contribution is 0.153. The summed E-state index contributed by atoms with van der Waals surface area (Å²) in [5.74, 6) is 0.799. The van der Waals surface area contributed by atoms with Crippen molar-refractivity contribution in [2.24, 2.45) is 0 Å². The molecule has 1 aliphatic heterocycles. The Morgan fingerprint density at radius 3 is 2.44 bits per heavy atom. The van der Waals surface area contributed by atoms with Crippen LogP contribution in [0.25, 0.3) is 0 Å². The van der Waals surface area contributed by atoms with Crippen LogP contribution in [0, 0.1) is 5.82 Å². The fourth-order valence-electron chi connectivity index (χ4n) is 3.71. The average Bonchev–Trinajstić information content (AvgIpc) is 3.17. The van der Waals surface area contributed by atoms with Crippen LogP contribution >= 0.6 is 0 Å². The summed E-state index contributed by atoms with van der Waals surface area (Å²) in [5.41, 5.74) is 0.584. The number of aromatic nitrogens is 4. The lowest BCUT2D eigenvalue weighted by Crippen LogP contribution is -2.48. The third-order valence-corrected chi connectivity index (χ3v) is 5.74. The minimum absolute atomic E-state index is 0.111. The van der Waals surface area contributed by atoms with Crippen LogP contribution in [0.2, 0.25) is 0 Å². The molecule has 0 radical (unpaired) electrons. The van der Waals surface area contributed by atoms with Gasteiger partial charge in [-0.2, -0.15) is 0 Å². The summed E-state index contributed by atoms with van der Waals surface area (Å²) < 4.78 is 16.1. The van der Waals surface area contributed by atoms with E-state index in [2.05, 4.69) is 53.0 Å². The third kappa shape index (κ3) is 4.13. The minimum atomic E-state index is -0.148. The fraction of sp³-hybridized carbons (Fsp3) is 0.650. The first-order chi connectivity index (χ1) is 13.0. The number of hydrogen-bond acceptors (Lipinski definition) is 5. The van der Waals surface area contributed by atoms with Crippen molar-refractivity contribution in [1.82, 2.24) is 25.1 Å². The zero-order chi connectivity index (χ0) is 19.4. The van der Waals surface area contributed by atoms with Crippen LogP contribution in [0.3, 0.4) is 0 Å². The number of anilines is 1. The molecule has 0 bridgehead atoms. The van der Waals surface area contributed by atoms with Gasteiger partial charge in [0.15, 0.2) is 5.82 Å². The molecule has 148 valence electrons. The second-order valence-electron chi connectivity index (χ2n) is 7.89. The molecule has 0 unspecified atom stereocenters. The number of nitrogens with zero attached hydrogens (tertiary/aromatic N) is 6. The molecule has 3 rings (SSSR count). The molecule has 0 aliphatic carbocycles. The number of benzene rings is 1. The Morgan fingerprint density at radius 1 is 1.11 bits per heavy atom. The van der Waals surface area contributed by atoms with Gasteiger partial charge in [0.2, 0.25) is 0 Å². The molecule has 1 fully saturated rings. The lowest BCUT2D eigenvalue weighted by atomic mass is 10.0. The van der Waals surface area contributed by atoms with Crippen LogP contribution < -0.4 is 4.90 Å². The maximum atomic E-state index is 14.1. The zero-order valence-corrected chi connectivity index (χ0v) is 16.9. The summed E-state index contributed by atoms with van der Waals surface area (Å²) in [7, 11) is 0. The van der Waals surface area contributed by atoms with Crippen molar-refractivity contribution in [3.8, 4) is 0 Å². The Labute approximate surface area is 161 Å². The lowest BCUT2D eigenvalue weighted by Gasteiger charge is -2.40. The van der Waals surface area contributed by atoms with Crippen molar-refractivity contribution in [2.75, 3.05) is 31.1 Å². The van der Waals surface area contributed by atoms with Crippen molar-refractivity contribution in [3.05, 3.63) is 35.9 Å². The second kappa shape index (κ2) is 8.33. The number of rotatable bonds is 7. The van der Waals surface area contributed by atoms with Crippen molar-refractivity contribution < 1.29 is 4.39 Å². The standard InChI is InChI=1S/C20H31FN6/c1-5-9-18(19-22-23-24-27(19)20(3,4)6-2)26-14-12-25(13-15-26)17-11-8-7-10-16(17)21/h7-8,10-11,18H,5-6,9,12-15H2,1-4H3/t18-/m0/s1. The monoisotopic (exact) mass is 374 g/mol. The van der Waals surface area contributed by atoms with Crippen molar-refractivity contribution in [1.29, 1.82) is 0 Å². The van der Waals surface area contributed by atoms with Gasteiger partial charge in [-0.05, 0) is 49.2 Å². The van der Waals surface area contributed by atoms with Gasteiger partial charge in [-0.1, -0.05) is 32.4 Å². The normalized spacial score (nSPS) is 17.3. The van der Waals surface area contributed by atoms with Crippen LogP contribution in [0.1, 0.15) is 58.8 Å². The molecule has 0 amide bonds. The first-order valence-corrected chi connectivity index (χ1v) is 10.00. The maximum Gasteiger partial charge on any atom is 0.168 e. The SMILES string of the molecule is CCC[C@@H](c1nnnn1C(C)(C)CC)N1CCN(c2ccccc2F)CC1. The molecule has 2 aromatic rings. The van der Waals surface area contributed by atoms with Crippen LogP contribution in [0.4, 0.5) is 10.1 Å². The molecule has 1 atom stereocenters. The number of halogens is 1. The minimum Gasteiger partial charge on any atom is -0.367 e. The summed E-state index contributed by atoms with van der Waals surface area (Å²) in [6.07, 6.45) is 3.04. The molecule has 1 aromatic heterocycles. The fourth-order valence-corrected chi connectivity index (χ4v) is 3.71. The van der Waals surface area contributed by atoms with Gasteiger partial charge in [-0.15, -0.1) is 5.10 Å². The molecule has 27 heavy (non-hydrogen) atoms. The number of hydrogen-bond donors (Lipinski definition) is 0. The molecule has 1 aromatic carbocycles. The number of para-hydroxylation sites is 1. The van der Waals surface area contributed by atoms with E-state index in [4.69, 9.17) is 0 Å². The predicted molar refractivity (Wildman–Crippen MR) is 105 cm³/mol. The van der Waals surface area contributed by atoms with Crippen LogP contribution in [0.5, 0.6) is 0 Å². The molecule has 1 saturated heterocycles. The van der Waals surface area contributed by atoms with Gasteiger partial charge in [0.05, 0.1) is 17.3 Å². The maximum absolute atomic E-state index is 14.1. The second-order valence-corrected chi connectivity index (χ2v) is 7.89. The Kier molecular flexibility index (Phi) is 6.09. The van der Waals surface area contributed by atoms with E-state index in [9.17, 15) is 4.39 Å². The highest BCUT2D eigenvalue weighted by Gasteiger charge is 2.32. The zero-order valence-electron chi connectivity index (χ0n) is 16.9. The van der Waals surface area contributed by atoms with E-state index < -0.39 is 0 Å². The summed E-state index contributed by atoms with van der Waals surface area (Å²) in [6, 6.07) is 7.22. The molecule has 0 spiro atoms. The number of piperazine rings is 1. The molecule has 0 saturated carbocycles. The van der Waals surface area contributed by atoms with Gasteiger partial charge in [0.1, 0.15) is 5.82 Å². The Morgan fingerprint density at radius 2 is 1.81 bits per heavy atom. The molecule has 7 heteroatoms. The van der Waals surface area contributed by atoms with Crippen molar-refractivity contribution in [2.45, 2.75) is 58.5 Å². The van der Waals surface area contributed by atoms with Gasteiger partial charge < -0.3 is 4.90 Å². The van der Waals surface area contributed by atoms with E-state index in [0.717, 1.165) is 51.3 Å². The Bertz CT molecular complexity index is 736. The average molecular weight is 375 g/mol. The third-order valence-electron chi connectivity index (χ3n) is 5.74. The van der Waals surface area contributed by atoms with E-state index in [1.54, 1.807) is 6.07 Å². The molecule has 6 nitrogen and oxygen atoms in total. The van der Waals surface area contributed by atoms with E-state index in [-0.39, 0.29) is 17.4 Å². The highest BCUT2D eigenvalue weighted by molar-refractivity contribution is 5.48. The van der Waals surface area contributed by atoms with Gasteiger partial charge in [-0.3, -0.25) is 4.90 Å². The molecule has 0 N–H and O–H groups in total. The molecule has 1 aliphatic rings. The van der Waals surface area contributed by atoms with E-state index in [0.29, 0.717) is 5.69 Å². The largest absolute Gasteiger partial charge is 0.367 e. The van der Waals surface area contributed by atoms with Crippen LogP contribution in [-0.2, 0) is 5.54 Å². The van der Waals surface area contributed by atoms with Gasteiger partial charge in [0, 0.05) is 26.2 Å². The Hall–Kier alpha value is -2.02. The molecular formula is C20H31FN6. The summed E-state index contributed by atoms with van der Waals surface area (Å²) in [5, 5.41) is 12.7. The topological polar surface area (TPSA) is 50.1 Å². The van der Waals surface area contributed by atoms with Crippen LogP contribution in [-0.4, -0.2) is 51.3 Å². The summed E-state index contributed by atoms with van der Waals surface area (Å²) >= 11 is 0. The molecular weight excluding hydrogens is 343 g/mol. The van der Waals surface area contributed by atoms with Gasteiger partial charge in [0.25, 0.3) is 0 Å². The smallest absolute Gasteiger partial charge is 0.168 e.